The number of nitrogens with one attached hydrogen (secondary N) is 2. The van der Waals surface area contributed by atoms with Crippen molar-refractivity contribution in [3.8, 4) is 46.0 Å². The Morgan fingerprint density at radius 1 is 0.417 bits per heavy atom. The molecule has 0 amide bonds. The fraction of sp³-hybridized carbons (Fsp3) is 0.194. The zero-order chi connectivity index (χ0) is 68.5. The number of anilines is 4. The molecule has 0 heterocycles. The summed E-state index contributed by atoms with van der Waals surface area (Å²) in [6.07, 6.45) is 8.62. The Bertz CT molecular complexity index is 4170. The van der Waals surface area contributed by atoms with Crippen molar-refractivity contribution in [2.75, 3.05) is 47.3 Å². The van der Waals surface area contributed by atoms with Crippen molar-refractivity contribution in [1.29, 1.82) is 0 Å². The summed E-state index contributed by atoms with van der Waals surface area (Å²) in [5.74, 6) is -3.69. The van der Waals surface area contributed by atoms with E-state index in [1.54, 1.807) is 86.6 Å². The van der Waals surface area contributed by atoms with Crippen LogP contribution in [0.4, 0.5) is 22.7 Å². The first kappa shape index (κ1) is 69.1. The smallest absolute Gasteiger partial charge is 0.343 e. The molecule has 8 aromatic rings. The zero-order valence-corrected chi connectivity index (χ0v) is 54.0. The van der Waals surface area contributed by atoms with E-state index in [0.29, 0.717) is 37.9 Å². The van der Waals surface area contributed by atoms with E-state index < -0.39 is 100 Å². The van der Waals surface area contributed by atoms with Crippen LogP contribution in [0.5, 0.6) is 46.0 Å². The molecule has 9 rings (SSSR count). The molecule has 1 aliphatic carbocycles. The molecule has 0 aliphatic heterocycles. The van der Waals surface area contributed by atoms with Crippen molar-refractivity contribution in [3.63, 3.8) is 0 Å². The molecule has 0 unspecified atom stereocenters. The summed E-state index contributed by atoms with van der Waals surface area (Å²) in [5, 5.41) is 0. The lowest BCUT2D eigenvalue weighted by atomic mass is 9.80. The highest BCUT2D eigenvalue weighted by Crippen LogP contribution is 2.48. The average molecular weight is 1340 g/mol. The van der Waals surface area contributed by atoms with Gasteiger partial charge < -0.3 is 49.4 Å². The first-order valence-corrected chi connectivity index (χ1v) is 33.3. The van der Waals surface area contributed by atoms with Crippen molar-refractivity contribution in [3.05, 3.63) is 228 Å². The van der Waals surface area contributed by atoms with Crippen LogP contribution in [0.3, 0.4) is 0 Å². The highest BCUT2D eigenvalue weighted by atomic mass is 32.2. The predicted octanol–water partition coefficient (Wildman–Crippen LogP) is 13.2. The molecule has 22 nitrogen and oxygen atoms in total. The summed E-state index contributed by atoms with van der Waals surface area (Å²) in [4.78, 5) is 79.4. The molecular formula is C72H68N4O18S2. The number of sulfonamides is 2. The topological polar surface area (TPSA) is 321 Å². The minimum atomic E-state index is -4.58. The van der Waals surface area contributed by atoms with Gasteiger partial charge in [0.2, 0.25) is 0 Å². The third-order valence-corrected chi connectivity index (χ3v) is 17.6. The van der Waals surface area contributed by atoms with Crippen LogP contribution in [-0.4, -0.2) is 78.7 Å². The maximum absolute atomic E-state index is 15.5. The number of ketones is 2. The van der Waals surface area contributed by atoms with Crippen LogP contribution in [0.15, 0.2) is 193 Å². The number of carbonyl (C=O) groups is 6. The standard InChI is InChI=1S/C72H68N4O18S2/c1-5-61(77)89-41-13-9-7-11-39-87-49-23-19-47(20-24-49)71(81)93-53-31-27-51(28-32-53)91-59-43-57(75-95(83,84)55-35-15-45(3)16-36-55)63-65(67(59)73)70(80)66-64(69(63)79)58(76-96(85,86)56-37-17-46(4)18-38-56)44-60(68(66)74)92-52-29-33-54(34-30-52)94-72(82)48-21-25-50(26-22-48)88-40-12-8-10-14-42-90-62(78)6-2/h5-6,15-38,43-44,75-76H,1-2,7-14,39-42,73-74H2,3-4H3. The lowest BCUT2D eigenvalue weighted by Crippen LogP contribution is -2.28. The number of benzene rings is 8. The Balaban J connectivity index is 0.956. The number of nitrogen functional groups attached to an aromatic ring is 2. The Kier molecular flexibility index (Phi) is 22.7. The number of esters is 4. The van der Waals surface area contributed by atoms with Gasteiger partial charge in [0, 0.05) is 24.3 Å². The van der Waals surface area contributed by atoms with Crippen LogP contribution in [-0.2, 0) is 39.1 Å². The van der Waals surface area contributed by atoms with Crippen molar-refractivity contribution < 1.29 is 83.5 Å². The minimum absolute atomic E-state index is 0.0488. The predicted molar refractivity (Wildman–Crippen MR) is 359 cm³/mol. The van der Waals surface area contributed by atoms with Crippen LogP contribution in [0, 0.1) is 13.8 Å². The number of rotatable bonds is 32. The van der Waals surface area contributed by atoms with E-state index in [0.717, 1.165) is 86.8 Å². The molecule has 1 aliphatic rings. The number of nitrogens with two attached hydrogens (primary N) is 2. The van der Waals surface area contributed by atoms with E-state index in [1.807, 2.05) is 0 Å². The van der Waals surface area contributed by atoms with Crippen LogP contribution >= 0.6 is 0 Å². The van der Waals surface area contributed by atoms with Gasteiger partial charge in [-0.3, -0.25) is 19.0 Å². The Morgan fingerprint density at radius 3 is 1.07 bits per heavy atom. The number of fused-ring (bicyclic) bond motifs is 2. The molecule has 8 aromatic carbocycles. The Morgan fingerprint density at radius 2 is 0.729 bits per heavy atom. The number of unbranched alkanes of at least 4 members (excludes halogenated alkanes) is 6. The lowest BCUT2D eigenvalue weighted by Gasteiger charge is -2.27. The fourth-order valence-corrected chi connectivity index (χ4v) is 11.9. The number of carbonyl (C=O) groups excluding carboxylic acids is 6. The number of aryl methyl sites for hydroxylation is 2. The zero-order valence-electron chi connectivity index (χ0n) is 52.4. The number of ether oxygens (including phenoxy) is 8. The van der Waals surface area contributed by atoms with Crippen LogP contribution in [0.1, 0.15) is 115 Å². The van der Waals surface area contributed by atoms with Gasteiger partial charge in [0.15, 0.2) is 23.1 Å². The van der Waals surface area contributed by atoms with E-state index in [-0.39, 0.29) is 55.4 Å². The van der Waals surface area contributed by atoms with Crippen LogP contribution < -0.4 is 49.3 Å². The third-order valence-electron chi connectivity index (χ3n) is 14.9. The van der Waals surface area contributed by atoms with Crippen molar-refractivity contribution in [2.24, 2.45) is 0 Å². The van der Waals surface area contributed by atoms with Gasteiger partial charge in [-0.1, -0.05) is 48.6 Å². The second kappa shape index (κ2) is 31.6. The Hall–Kier alpha value is -11.2. The Labute approximate surface area is 554 Å². The van der Waals surface area contributed by atoms with Gasteiger partial charge >= 0.3 is 23.9 Å². The van der Waals surface area contributed by atoms with E-state index >= 15 is 9.59 Å². The van der Waals surface area contributed by atoms with E-state index in [1.165, 1.54) is 72.8 Å². The highest BCUT2D eigenvalue weighted by Gasteiger charge is 2.41. The van der Waals surface area contributed by atoms with Gasteiger partial charge in [0.05, 0.1) is 92.3 Å². The number of hydrogen-bond acceptors (Lipinski definition) is 20. The van der Waals surface area contributed by atoms with E-state index in [9.17, 15) is 36.0 Å². The second-order valence-electron chi connectivity index (χ2n) is 21.9. The summed E-state index contributed by atoms with van der Waals surface area (Å²) in [6.45, 7) is 11.8. The van der Waals surface area contributed by atoms with E-state index in [2.05, 4.69) is 22.6 Å². The van der Waals surface area contributed by atoms with Gasteiger partial charge in [-0.2, -0.15) is 0 Å². The summed E-state index contributed by atoms with van der Waals surface area (Å²) in [7, 11) is -9.16. The molecular weight excluding hydrogens is 1270 g/mol. The van der Waals surface area contributed by atoms with Crippen molar-refractivity contribution >= 4 is 78.2 Å². The molecule has 0 spiro atoms. The van der Waals surface area contributed by atoms with Crippen molar-refractivity contribution in [1.82, 2.24) is 0 Å². The number of hydrogen-bond donors (Lipinski definition) is 4. The molecule has 24 heteroatoms. The quantitative estimate of drug-likeness (QED) is 0.0100. The van der Waals surface area contributed by atoms with E-state index in [4.69, 9.17) is 49.4 Å². The maximum Gasteiger partial charge on any atom is 0.343 e. The van der Waals surface area contributed by atoms with Gasteiger partial charge in [-0.15, -0.1) is 0 Å². The molecule has 0 aromatic heterocycles. The first-order valence-electron chi connectivity index (χ1n) is 30.4. The van der Waals surface area contributed by atoms with Crippen LogP contribution in [0.25, 0.3) is 0 Å². The fourth-order valence-electron chi connectivity index (χ4n) is 9.78. The highest BCUT2D eigenvalue weighted by molar-refractivity contribution is 7.93. The lowest BCUT2D eigenvalue weighted by molar-refractivity contribution is -0.138. The molecule has 0 atom stereocenters. The maximum atomic E-state index is 15.5. The molecule has 0 saturated carbocycles. The van der Waals surface area contributed by atoms with Gasteiger partial charge in [-0.05, 0) is 187 Å². The summed E-state index contributed by atoms with van der Waals surface area (Å²) in [5.41, 5.74) is 11.4. The van der Waals surface area contributed by atoms with Crippen molar-refractivity contribution in [2.45, 2.75) is 75.0 Å². The monoisotopic (exact) mass is 1340 g/mol. The molecule has 96 heavy (non-hydrogen) atoms. The molecule has 6 N–H and O–H groups in total. The second-order valence-corrected chi connectivity index (χ2v) is 25.3. The van der Waals surface area contributed by atoms with Gasteiger partial charge in [0.25, 0.3) is 20.0 Å². The molecule has 0 saturated heterocycles. The molecule has 0 radical (unpaired) electrons. The normalized spacial score (nSPS) is 11.6. The van der Waals surface area contributed by atoms with Gasteiger partial charge in [0.1, 0.15) is 34.5 Å². The first-order chi connectivity index (χ1) is 46.1. The van der Waals surface area contributed by atoms with Crippen LogP contribution in [0.2, 0.25) is 0 Å². The third kappa shape index (κ3) is 17.7. The molecule has 496 valence electrons. The average Bonchev–Trinajstić information content (AvgIpc) is 0.717. The largest absolute Gasteiger partial charge is 0.494 e. The summed E-state index contributed by atoms with van der Waals surface area (Å²) in [6, 6.07) is 37.8. The summed E-state index contributed by atoms with van der Waals surface area (Å²) < 4.78 is 107. The molecule has 0 bridgehead atoms. The molecule has 0 fully saturated rings. The minimum Gasteiger partial charge on any atom is -0.494 e. The summed E-state index contributed by atoms with van der Waals surface area (Å²) >= 11 is 0. The SMILES string of the molecule is C=CC(=O)OCCCCCCOc1ccc(C(=O)Oc2ccc(Oc3cc(NS(=O)(=O)c4ccc(C)cc4)c4c(c3N)C(=O)c3c(N)c(Oc5ccc(OC(=O)c6ccc(OCCCCCCOC(=O)C=C)cc6)cc5)cc(NS(=O)(=O)c5ccc(C)cc5)c3C4=O)cc2)cc1. The van der Waals surface area contributed by atoms with Gasteiger partial charge in [-0.25, -0.2) is 36.0 Å².